The topological polar surface area (TPSA) is 79.3 Å². The number of thioether (sulfide) groups is 1. The zero-order valence-corrected chi connectivity index (χ0v) is 14.5. The summed E-state index contributed by atoms with van der Waals surface area (Å²) in [5, 5.41) is 10.9. The molecule has 0 saturated heterocycles. The van der Waals surface area contributed by atoms with E-state index in [1.807, 2.05) is 25.3 Å². The van der Waals surface area contributed by atoms with Crippen LogP contribution in [0.25, 0.3) is 10.9 Å². The number of pyridine rings is 1. The highest BCUT2D eigenvalue weighted by molar-refractivity contribution is 7.98. The van der Waals surface area contributed by atoms with Gasteiger partial charge in [0.05, 0.1) is 11.1 Å². The summed E-state index contributed by atoms with van der Waals surface area (Å²) in [5.41, 5.74) is 0.309. The van der Waals surface area contributed by atoms with Gasteiger partial charge < -0.3 is 5.11 Å². The highest BCUT2D eigenvalue weighted by Gasteiger charge is 2.25. The number of aliphatic hydroxyl groups is 1. The van der Waals surface area contributed by atoms with E-state index in [-0.39, 0.29) is 11.4 Å². The number of sulfonamides is 1. The average Bonchev–Trinajstić information content (AvgIpc) is 2.44. The molecule has 1 atom stereocenters. The van der Waals surface area contributed by atoms with E-state index in [0.29, 0.717) is 11.3 Å². The molecule has 2 aromatic rings. The summed E-state index contributed by atoms with van der Waals surface area (Å²) in [7, 11) is -3.73. The first-order chi connectivity index (χ1) is 10.2. The van der Waals surface area contributed by atoms with Gasteiger partial charge in [-0.05, 0) is 37.8 Å². The molecule has 5 nitrogen and oxygen atoms in total. The van der Waals surface area contributed by atoms with Crippen molar-refractivity contribution in [1.29, 1.82) is 0 Å². The van der Waals surface area contributed by atoms with Crippen LogP contribution in [-0.2, 0) is 10.0 Å². The Balaban J connectivity index is 2.34. The Morgan fingerprint density at radius 3 is 2.82 bits per heavy atom. The summed E-state index contributed by atoms with van der Waals surface area (Å²) in [6, 6.07) is 6.94. The SMILES string of the molecule is CSC[C@@](C)(O)CNS(=O)(=O)c1cccc2cc(C)cnc12. The summed E-state index contributed by atoms with van der Waals surface area (Å²) in [4.78, 5) is 4.37. The normalized spacial score (nSPS) is 14.9. The first-order valence-corrected chi connectivity index (χ1v) is 9.69. The third-order valence-electron chi connectivity index (χ3n) is 3.20. The van der Waals surface area contributed by atoms with E-state index in [9.17, 15) is 13.5 Å². The maximum absolute atomic E-state index is 12.5. The first kappa shape index (κ1) is 17.2. The molecule has 0 amide bonds. The number of hydrogen-bond donors (Lipinski definition) is 2. The minimum Gasteiger partial charge on any atom is -0.388 e. The number of aryl methyl sites for hydroxylation is 1. The lowest BCUT2D eigenvalue weighted by Crippen LogP contribution is -2.42. The maximum atomic E-state index is 12.5. The van der Waals surface area contributed by atoms with Crippen LogP contribution >= 0.6 is 11.8 Å². The van der Waals surface area contributed by atoms with Gasteiger partial charge in [-0.3, -0.25) is 4.98 Å². The largest absolute Gasteiger partial charge is 0.388 e. The minimum absolute atomic E-state index is 0.0432. The Kier molecular flexibility index (Phi) is 5.11. The van der Waals surface area contributed by atoms with Gasteiger partial charge in [0.25, 0.3) is 0 Å². The lowest BCUT2D eigenvalue weighted by atomic mass is 10.1. The summed E-state index contributed by atoms with van der Waals surface area (Å²) >= 11 is 1.46. The first-order valence-electron chi connectivity index (χ1n) is 6.81. The molecule has 0 aliphatic rings. The molecule has 0 radical (unpaired) electrons. The van der Waals surface area contributed by atoms with E-state index >= 15 is 0 Å². The molecule has 0 aliphatic heterocycles. The zero-order chi connectivity index (χ0) is 16.4. The van der Waals surface area contributed by atoms with Crippen LogP contribution in [0.5, 0.6) is 0 Å². The molecule has 1 aromatic carbocycles. The highest BCUT2D eigenvalue weighted by atomic mass is 32.2. The standard InChI is InChI=1S/C15H20N2O3S2/c1-11-7-12-5-4-6-13(14(12)16-8-11)22(19,20)17-9-15(2,18)10-21-3/h4-8,17-18H,9-10H2,1-3H3/t15-/m0/s1. The van der Waals surface area contributed by atoms with Gasteiger partial charge in [0.2, 0.25) is 10.0 Å². The molecule has 22 heavy (non-hydrogen) atoms. The van der Waals surface area contributed by atoms with Crippen molar-refractivity contribution in [2.45, 2.75) is 24.3 Å². The van der Waals surface area contributed by atoms with Crippen LogP contribution in [0.4, 0.5) is 0 Å². The van der Waals surface area contributed by atoms with Crippen LogP contribution in [0.3, 0.4) is 0 Å². The van der Waals surface area contributed by atoms with Crippen molar-refractivity contribution in [3.8, 4) is 0 Å². The Morgan fingerprint density at radius 2 is 2.14 bits per heavy atom. The molecule has 1 heterocycles. The van der Waals surface area contributed by atoms with Crippen molar-refractivity contribution in [2.24, 2.45) is 0 Å². The molecule has 0 aliphatic carbocycles. The van der Waals surface area contributed by atoms with Crippen LogP contribution in [0.2, 0.25) is 0 Å². The molecule has 0 bridgehead atoms. The van der Waals surface area contributed by atoms with Crippen LogP contribution in [-0.4, -0.2) is 42.7 Å². The third-order valence-corrected chi connectivity index (χ3v) is 5.54. The molecule has 0 saturated carbocycles. The highest BCUT2D eigenvalue weighted by Crippen LogP contribution is 2.22. The van der Waals surface area contributed by atoms with Gasteiger partial charge in [-0.1, -0.05) is 12.1 Å². The Labute approximate surface area is 135 Å². The number of benzene rings is 1. The molecule has 0 spiro atoms. The number of fused-ring (bicyclic) bond motifs is 1. The minimum atomic E-state index is -3.73. The Hall–Kier alpha value is -1.15. The second-order valence-electron chi connectivity index (χ2n) is 5.60. The number of nitrogens with zero attached hydrogens (tertiary/aromatic N) is 1. The lowest BCUT2D eigenvalue weighted by molar-refractivity contribution is 0.0909. The number of aromatic nitrogens is 1. The van der Waals surface area contributed by atoms with Gasteiger partial charge in [0.15, 0.2) is 0 Å². The summed E-state index contributed by atoms with van der Waals surface area (Å²) < 4.78 is 27.5. The van der Waals surface area contributed by atoms with Crippen LogP contribution < -0.4 is 4.72 Å². The van der Waals surface area contributed by atoms with E-state index in [1.54, 1.807) is 19.2 Å². The molecule has 1 aromatic heterocycles. The maximum Gasteiger partial charge on any atom is 0.242 e. The smallest absolute Gasteiger partial charge is 0.242 e. The van der Waals surface area contributed by atoms with E-state index in [4.69, 9.17) is 0 Å². The quantitative estimate of drug-likeness (QED) is 0.840. The fourth-order valence-electron chi connectivity index (χ4n) is 2.15. The van der Waals surface area contributed by atoms with E-state index in [2.05, 4.69) is 9.71 Å². The van der Waals surface area contributed by atoms with Gasteiger partial charge in [-0.2, -0.15) is 11.8 Å². The summed E-state index contributed by atoms with van der Waals surface area (Å²) in [6.45, 7) is 3.47. The number of nitrogens with one attached hydrogen (secondary N) is 1. The van der Waals surface area contributed by atoms with Gasteiger partial charge in [0, 0.05) is 23.9 Å². The molecule has 120 valence electrons. The second kappa shape index (κ2) is 6.54. The molecule has 2 rings (SSSR count). The van der Waals surface area contributed by atoms with E-state index in [1.165, 1.54) is 17.8 Å². The fourth-order valence-corrected chi connectivity index (χ4v) is 4.21. The number of rotatable bonds is 6. The predicted octanol–water partition coefficient (Wildman–Crippen LogP) is 1.94. The van der Waals surface area contributed by atoms with Crippen LogP contribution in [0.15, 0.2) is 35.4 Å². The third kappa shape index (κ3) is 3.98. The zero-order valence-electron chi connectivity index (χ0n) is 12.8. The monoisotopic (exact) mass is 340 g/mol. The molecule has 0 fully saturated rings. The lowest BCUT2D eigenvalue weighted by Gasteiger charge is -2.22. The van der Waals surface area contributed by atoms with Gasteiger partial charge in [-0.25, -0.2) is 13.1 Å². The molecular weight excluding hydrogens is 320 g/mol. The Bertz CT molecular complexity index is 773. The predicted molar refractivity (Wildman–Crippen MR) is 90.7 cm³/mol. The van der Waals surface area contributed by atoms with Crippen molar-refractivity contribution in [3.63, 3.8) is 0 Å². The average molecular weight is 340 g/mol. The van der Waals surface area contributed by atoms with Gasteiger partial charge in [0.1, 0.15) is 4.90 Å². The van der Waals surface area contributed by atoms with Crippen molar-refractivity contribution in [1.82, 2.24) is 9.71 Å². The molecule has 0 unspecified atom stereocenters. The fraction of sp³-hybridized carbons (Fsp3) is 0.400. The summed E-state index contributed by atoms with van der Waals surface area (Å²) in [5.74, 6) is 0.447. The van der Waals surface area contributed by atoms with Crippen LogP contribution in [0.1, 0.15) is 12.5 Å². The van der Waals surface area contributed by atoms with Gasteiger partial charge in [-0.15, -0.1) is 0 Å². The van der Waals surface area contributed by atoms with Crippen molar-refractivity contribution in [3.05, 3.63) is 36.0 Å². The Morgan fingerprint density at radius 1 is 1.41 bits per heavy atom. The van der Waals surface area contributed by atoms with Gasteiger partial charge >= 0.3 is 0 Å². The van der Waals surface area contributed by atoms with E-state index < -0.39 is 15.6 Å². The van der Waals surface area contributed by atoms with Crippen LogP contribution in [0, 0.1) is 6.92 Å². The molecule has 7 heteroatoms. The van der Waals surface area contributed by atoms with Crippen molar-refractivity contribution in [2.75, 3.05) is 18.6 Å². The van der Waals surface area contributed by atoms with Crippen molar-refractivity contribution < 1.29 is 13.5 Å². The number of para-hydroxylation sites is 1. The number of hydrogen-bond acceptors (Lipinski definition) is 5. The molecule has 2 N–H and O–H groups in total. The van der Waals surface area contributed by atoms with Crippen molar-refractivity contribution >= 4 is 32.7 Å². The summed E-state index contributed by atoms with van der Waals surface area (Å²) in [6.07, 6.45) is 3.51. The second-order valence-corrected chi connectivity index (χ2v) is 8.20. The molecular formula is C15H20N2O3S2. The van der Waals surface area contributed by atoms with E-state index in [0.717, 1.165) is 10.9 Å².